The molecule has 0 aliphatic carbocycles. The minimum atomic E-state index is 0.799. The predicted octanol–water partition coefficient (Wildman–Crippen LogP) is 2.32. The number of nitrogens with one attached hydrogen (secondary N) is 1. The van der Waals surface area contributed by atoms with E-state index >= 15 is 0 Å². The summed E-state index contributed by atoms with van der Waals surface area (Å²) >= 11 is 1.77. The Morgan fingerprint density at radius 3 is 2.91 bits per heavy atom. The molecular formula is C16H28N4OS. The van der Waals surface area contributed by atoms with Crippen LogP contribution in [0.5, 0.6) is 0 Å². The van der Waals surface area contributed by atoms with Gasteiger partial charge < -0.3 is 15.0 Å². The van der Waals surface area contributed by atoms with Crippen molar-refractivity contribution in [3.63, 3.8) is 0 Å². The molecule has 1 saturated heterocycles. The van der Waals surface area contributed by atoms with Gasteiger partial charge >= 0.3 is 0 Å². The zero-order valence-corrected chi connectivity index (χ0v) is 14.8. The van der Waals surface area contributed by atoms with E-state index in [0.29, 0.717) is 0 Å². The minimum absolute atomic E-state index is 0.799. The van der Waals surface area contributed by atoms with Crippen molar-refractivity contribution in [1.29, 1.82) is 0 Å². The molecule has 1 aliphatic rings. The average Bonchev–Trinajstić information content (AvgIpc) is 2.95. The molecule has 1 aromatic rings. The summed E-state index contributed by atoms with van der Waals surface area (Å²) in [5.41, 5.74) is 0. The number of hydrogen-bond donors (Lipinski definition) is 1. The highest BCUT2D eigenvalue weighted by molar-refractivity contribution is 7.11. The fraction of sp³-hybridized carbons (Fsp3) is 0.750. The van der Waals surface area contributed by atoms with Crippen molar-refractivity contribution in [3.8, 4) is 0 Å². The van der Waals surface area contributed by atoms with Gasteiger partial charge in [0.2, 0.25) is 0 Å². The van der Waals surface area contributed by atoms with Crippen LogP contribution in [0.2, 0.25) is 0 Å². The monoisotopic (exact) mass is 324 g/mol. The fourth-order valence-corrected chi connectivity index (χ4v) is 3.49. The van der Waals surface area contributed by atoms with E-state index < -0.39 is 0 Å². The highest BCUT2D eigenvalue weighted by atomic mass is 32.1. The number of rotatable bonds is 6. The molecule has 5 nitrogen and oxygen atoms in total. The van der Waals surface area contributed by atoms with E-state index in [-0.39, 0.29) is 0 Å². The second-order valence-electron chi connectivity index (χ2n) is 5.85. The number of aromatic nitrogens is 1. The Morgan fingerprint density at radius 1 is 1.50 bits per heavy atom. The van der Waals surface area contributed by atoms with Crippen molar-refractivity contribution in [1.82, 2.24) is 15.2 Å². The van der Waals surface area contributed by atoms with E-state index in [4.69, 9.17) is 4.74 Å². The summed E-state index contributed by atoms with van der Waals surface area (Å²) in [4.78, 5) is 12.3. The predicted molar refractivity (Wildman–Crippen MR) is 92.7 cm³/mol. The van der Waals surface area contributed by atoms with Crippen LogP contribution >= 0.6 is 11.3 Å². The molecule has 124 valence electrons. The summed E-state index contributed by atoms with van der Waals surface area (Å²) in [5, 5.41) is 4.62. The summed E-state index contributed by atoms with van der Waals surface area (Å²) in [6, 6.07) is 0. The summed E-state index contributed by atoms with van der Waals surface area (Å²) in [7, 11) is 3.96. The number of ether oxygens (including phenoxy) is 1. The van der Waals surface area contributed by atoms with Crippen LogP contribution < -0.4 is 5.32 Å². The minimum Gasteiger partial charge on any atom is -0.381 e. The third-order valence-electron chi connectivity index (χ3n) is 4.08. The molecule has 0 spiro atoms. The number of thiazole rings is 1. The molecule has 0 saturated carbocycles. The van der Waals surface area contributed by atoms with Crippen LogP contribution in [0.25, 0.3) is 0 Å². The van der Waals surface area contributed by atoms with Gasteiger partial charge in [0, 0.05) is 57.9 Å². The Labute approximate surface area is 137 Å². The van der Waals surface area contributed by atoms with Gasteiger partial charge in [-0.2, -0.15) is 0 Å². The topological polar surface area (TPSA) is 49.8 Å². The van der Waals surface area contributed by atoms with Crippen molar-refractivity contribution in [2.45, 2.75) is 32.6 Å². The summed E-state index contributed by atoms with van der Waals surface area (Å²) in [5.74, 6) is 1.77. The van der Waals surface area contributed by atoms with Crippen molar-refractivity contribution >= 4 is 17.3 Å². The molecule has 1 aliphatic heterocycles. The van der Waals surface area contributed by atoms with Crippen LogP contribution in [-0.2, 0) is 11.2 Å². The second kappa shape index (κ2) is 9.10. The first-order valence-electron chi connectivity index (χ1n) is 8.10. The Kier molecular flexibility index (Phi) is 7.12. The molecule has 0 unspecified atom stereocenters. The fourth-order valence-electron chi connectivity index (χ4n) is 2.70. The smallest absolute Gasteiger partial charge is 0.193 e. The number of guanidine groups is 1. The maximum absolute atomic E-state index is 5.42. The van der Waals surface area contributed by atoms with Crippen LogP contribution in [0.15, 0.2) is 11.2 Å². The SMILES string of the molecule is CN=C(NCCc1ncc(C)s1)N(C)CCC1CCOCC1. The molecule has 1 aromatic heterocycles. The van der Waals surface area contributed by atoms with E-state index in [2.05, 4.69) is 34.2 Å². The van der Waals surface area contributed by atoms with E-state index in [0.717, 1.165) is 44.6 Å². The van der Waals surface area contributed by atoms with Crippen LogP contribution in [0.3, 0.4) is 0 Å². The molecule has 1 N–H and O–H groups in total. The van der Waals surface area contributed by atoms with Gasteiger partial charge in [-0.15, -0.1) is 11.3 Å². The van der Waals surface area contributed by atoms with Gasteiger partial charge in [-0.1, -0.05) is 0 Å². The van der Waals surface area contributed by atoms with Gasteiger partial charge in [-0.3, -0.25) is 4.99 Å². The van der Waals surface area contributed by atoms with E-state index in [1.807, 2.05) is 13.2 Å². The molecule has 0 radical (unpaired) electrons. The van der Waals surface area contributed by atoms with Crippen LogP contribution in [0.1, 0.15) is 29.1 Å². The number of nitrogens with zero attached hydrogens (tertiary/aromatic N) is 3. The third-order valence-corrected chi connectivity index (χ3v) is 5.05. The van der Waals surface area contributed by atoms with Crippen molar-refractivity contribution in [2.75, 3.05) is 40.4 Å². The van der Waals surface area contributed by atoms with Crippen LogP contribution in [0.4, 0.5) is 0 Å². The lowest BCUT2D eigenvalue weighted by Gasteiger charge is -2.26. The maximum Gasteiger partial charge on any atom is 0.193 e. The number of aliphatic imine (C=N–C) groups is 1. The molecule has 2 heterocycles. The zero-order valence-electron chi connectivity index (χ0n) is 14.0. The summed E-state index contributed by atoms with van der Waals surface area (Å²) in [6.07, 6.45) is 6.50. The first-order valence-corrected chi connectivity index (χ1v) is 8.91. The lowest BCUT2D eigenvalue weighted by atomic mass is 9.96. The van der Waals surface area contributed by atoms with Crippen molar-refractivity contribution < 1.29 is 4.74 Å². The van der Waals surface area contributed by atoms with Gasteiger partial charge in [-0.05, 0) is 32.1 Å². The number of aryl methyl sites for hydroxylation is 1. The van der Waals surface area contributed by atoms with Crippen LogP contribution in [-0.4, -0.2) is 56.2 Å². The molecule has 0 atom stereocenters. The average molecular weight is 324 g/mol. The standard InChI is InChI=1S/C16H28N4OS/c1-13-12-19-15(22-13)4-8-18-16(17-2)20(3)9-5-14-6-10-21-11-7-14/h12,14H,4-11H2,1-3H3,(H,17,18). The first-order chi connectivity index (χ1) is 10.7. The molecule has 6 heteroatoms. The highest BCUT2D eigenvalue weighted by Gasteiger charge is 2.15. The van der Waals surface area contributed by atoms with Gasteiger partial charge in [0.1, 0.15) is 0 Å². The largest absolute Gasteiger partial charge is 0.381 e. The molecule has 0 aromatic carbocycles. The quantitative estimate of drug-likeness (QED) is 0.644. The van der Waals surface area contributed by atoms with Gasteiger partial charge in [-0.25, -0.2) is 4.98 Å². The molecule has 2 rings (SSSR count). The maximum atomic E-state index is 5.42. The summed E-state index contributed by atoms with van der Waals surface area (Å²) in [6.45, 7) is 5.86. The van der Waals surface area contributed by atoms with Crippen molar-refractivity contribution in [2.24, 2.45) is 10.9 Å². The summed E-state index contributed by atoms with van der Waals surface area (Å²) < 4.78 is 5.42. The lowest BCUT2D eigenvalue weighted by molar-refractivity contribution is 0.0625. The van der Waals surface area contributed by atoms with E-state index in [9.17, 15) is 0 Å². The Hall–Kier alpha value is -1.14. The lowest BCUT2D eigenvalue weighted by Crippen LogP contribution is -2.40. The molecular weight excluding hydrogens is 296 g/mol. The Balaban J connectivity index is 1.68. The Morgan fingerprint density at radius 2 is 2.27 bits per heavy atom. The zero-order chi connectivity index (χ0) is 15.8. The van der Waals surface area contributed by atoms with Crippen LogP contribution in [0, 0.1) is 12.8 Å². The molecule has 0 amide bonds. The van der Waals surface area contributed by atoms with E-state index in [1.54, 1.807) is 11.3 Å². The first kappa shape index (κ1) is 17.2. The van der Waals surface area contributed by atoms with Crippen molar-refractivity contribution in [3.05, 3.63) is 16.1 Å². The van der Waals surface area contributed by atoms with Gasteiger partial charge in [0.25, 0.3) is 0 Å². The molecule has 1 fully saturated rings. The third kappa shape index (κ3) is 5.57. The molecule has 22 heavy (non-hydrogen) atoms. The number of hydrogen-bond acceptors (Lipinski definition) is 4. The highest BCUT2D eigenvalue weighted by Crippen LogP contribution is 2.18. The Bertz CT molecular complexity index is 468. The normalized spacial score (nSPS) is 16.8. The second-order valence-corrected chi connectivity index (χ2v) is 7.17. The van der Waals surface area contributed by atoms with Gasteiger partial charge in [0.15, 0.2) is 5.96 Å². The molecule has 0 bridgehead atoms. The van der Waals surface area contributed by atoms with Gasteiger partial charge in [0.05, 0.1) is 5.01 Å². The van der Waals surface area contributed by atoms with E-state index in [1.165, 1.54) is 29.1 Å².